The van der Waals surface area contributed by atoms with Crippen LogP contribution in [0.2, 0.25) is 0 Å². The molecule has 0 radical (unpaired) electrons. The van der Waals surface area contributed by atoms with Crippen LogP contribution in [0.1, 0.15) is 5.56 Å². The summed E-state index contributed by atoms with van der Waals surface area (Å²) in [6.45, 7) is 1.94. The van der Waals surface area contributed by atoms with E-state index in [4.69, 9.17) is 4.74 Å². The quantitative estimate of drug-likeness (QED) is 0.543. The molecular formula is C18H17N3O3S. The number of aryl methyl sites for hydroxylation is 1. The van der Waals surface area contributed by atoms with E-state index < -0.39 is 0 Å². The van der Waals surface area contributed by atoms with Crippen molar-refractivity contribution in [2.45, 2.75) is 12.1 Å². The van der Waals surface area contributed by atoms with Crippen LogP contribution < -0.4 is 15.6 Å². The van der Waals surface area contributed by atoms with Gasteiger partial charge in [0, 0.05) is 0 Å². The van der Waals surface area contributed by atoms with Crippen LogP contribution in [0.25, 0.3) is 10.9 Å². The van der Waals surface area contributed by atoms with Crippen molar-refractivity contribution in [3.8, 4) is 5.75 Å². The molecule has 7 heteroatoms. The highest BCUT2D eigenvalue weighted by molar-refractivity contribution is 7.99. The number of carbonyl (C=O) groups excluding carboxylic acids is 1. The van der Waals surface area contributed by atoms with Crippen molar-refractivity contribution in [1.82, 2.24) is 9.97 Å². The molecule has 0 saturated heterocycles. The van der Waals surface area contributed by atoms with Crippen LogP contribution in [0.4, 0.5) is 5.69 Å². The van der Waals surface area contributed by atoms with Crippen LogP contribution in [-0.2, 0) is 4.79 Å². The number of carbonyl (C=O) groups is 1. The maximum Gasteiger partial charge on any atom is 0.259 e. The van der Waals surface area contributed by atoms with E-state index in [1.54, 1.807) is 31.4 Å². The van der Waals surface area contributed by atoms with Crippen LogP contribution in [-0.4, -0.2) is 28.7 Å². The van der Waals surface area contributed by atoms with Crippen LogP contribution in [0.3, 0.4) is 0 Å². The normalized spacial score (nSPS) is 10.6. The number of nitrogens with zero attached hydrogens (tertiary/aromatic N) is 1. The Balaban J connectivity index is 1.71. The van der Waals surface area contributed by atoms with E-state index >= 15 is 0 Å². The Morgan fingerprint density at radius 3 is 2.88 bits per heavy atom. The zero-order chi connectivity index (χ0) is 17.8. The Labute approximate surface area is 148 Å². The van der Waals surface area contributed by atoms with Gasteiger partial charge in [-0.05, 0) is 36.8 Å². The highest BCUT2D eigenvalue weighted by Gasteiger charge is 2.10. The average Bonchev–Trinajstić information content (AvgIpc) is 2.60. The fraction of sp³-hybridized carbons (Fsp3) is 0.167. The number of methoxy groups -OCH3 is 1. The predicted molar refractivity (Wildman–Crippen MR) is 99.4 cm³/mol. The number of rotatable bonds is 5. The number of anilines is 1. The van der Waals surface area contributed by atoms with E-state index in [-0.39, 0.29) is 17.2 Å². The third-order valence-electron chi connectivity index (χ3n) is 3.56. The first-order valence-electron chi connectivity index (χ1n) is 7.63. The first-order valence-corrected chi connectivity index (χ1v) is 8.62. The van der Waals surface area contributed by atoms with Gasteiger partial charge in [-0.25, -0.2) is 4.98 Å². The number of H-pyrrole nitrogens is 1. The summed E-state index contributed by atoms with van der Waals surface area (Å²) in [4.78, 5) is 31.3. The maximum absolute atomic E-state index is 12.2. The van der Waals surface area contributed by atoms with Gasteiger partial charge in [0.2, 0.25) is 5.91 Å². The number of benzene rings is 2. The fourth-order valence-corrected chi connectivity index (χ4v) is 3.04. The van der Waals surface area contributed by atoms with E-state index in [9.17, 15) is 9.59 Å². The molecule has 0 saturated carbocycles. The van der Waals surface area contributed by atoms with Crippen molar-refractivity contribution in [3.05, 3.63) is 58.4 Å². The van der Waals surface area contributed by atoms with Crippen LogP contribution in [0, 0.1) is 6.92 Å². The van der Waals surface area contributed by atoms with Gasteiger partial charge < -0.3 is 15.0 Å². The molecule has 1 amide bonds. The van der Waals surface area contributed by atoms with E-state index in [0.29, 0.717) is 27.5 Å². The number of hydrogen-bond acceptors (Lipinski definition) is 5. The standard InChI is InChI=1S/C18H17N3O3S/c1-11-7-8-15(24-2)14(9-11)19-16(22)10-25-18-20-13-6-4-3-5-12(13)17(23)21-18/h3-9H,10H2,1-2H3,(H,19,22)(H,20,21,23). The SMILES string of the molecule is COc1ccc(C)cc1NC(=O)CSc1nc2ccccc2c(=O)[nH]1. The number of thioether (sulfide) groups is 1. The lowest BCUT2D eigenvalue weighted by atomic mass is 10.2. The second-order valence-electron chi connectivity index (χ2n) is 5.43. The number of para-hydroxylation sites is 1. The summed E-state index contributed by atoms with van der Waals surface area (Å²) < 4.78 is 5.25. The summed E-state index contributed by atoms with van der Waals surface area (Å²) in [5.41, 5.74) is 2.03. The lowest BCUT2D eigenvalue weighted by Crippen LogP contribution is -2.16. The monoisotopic (exact) mass is 355 g/mol. The molecular weight excluding hydrogens is 338 g/mol. The van der Waals surface area contributed by atoms with Gasteiger partial charge in [0.05, 0.1) is 29.5 Å². The Kier molecular flexibility index (Phi) is 5.04. The summed E-state index contributed by atoms with van der Waals surface area (Å²) in [6.07, 6.45) is 0. The average molecular weight is 355 g/mol. The molecule has 0 spiro atoms. The highest BCUT2D eigenvalue weighted by atomic mass is 32.2. The second kappa shape index (κ2) is 7.40. The van der Waals surface area contributed by atoms with Crippen molar-refractivity contribution >= 4 is 34.3 Å². The van der Waals surface area contributed by atoms with E-state index in [1.165, 1.54) is 11.8 Å². The van der Waals surface area contributed by atoms with Gasteiger partial charge in [0.15, 0.2) is 5.16 Å². The number of fused-ring (bicyclic) bond motifs is 1. The Hall–Kier alpha value is -2.80. The third kappa shape index (κ3) is 4.00. The van der Waals surface area contributed by atoms with Gasteiger partial charge in [-0.1, -0.05) is 30.0 Å². The van der Waals surface area contributed by atoms with Crippen molar-refractivity contribution in [2.24, 2.45) is 0 Å². The highest BCUT2D eigenvalue weighted by Crippen LogP contribution is 2.25. The minimum atomic E-state index is -0.214. The van der Waals surface area contributed by atoms with Gasteiger partial charge in [0.1, 0.15) is 5.75 Å². The molecule has 1 aromatic heterocycles. The van der Waals surface area contributed by atoms with Crippen LogP contribution in [0.15, 0.2) is 52.4 Å². The fourth-order valence-electron chi connectivity index (χ4n) is 2.37. The molecule has 128 valence electrons. The first kappa shape index (κ1) is 17.0. The molecule has 0 unspecified atom stereocenters. The van der Waals surface area contributed by atoms with Crippen molar-refractivity contribution < 1.29 is 9.53 Å². The molecule has 3 rings (SSSR count). The minimum Gasteiger partial charge on any atom is -0.495 e. The van der Waals surface area contributed by atoms with Crippen molar-refractivity contribution in [3.63, 3.8) is 0 Å². The van der Waals surface area contributed by atoms with Crippen molar-refractivity contribution in [1.29, 1.82) is 0 Å². The van der Waals surface area contributed by atoms with E-state index in [0.717, 1.165) is 5.56 Å². The zero-order valence-corrected chi connectivity index (χ0v) is 14.6. The number of aromatic nitrogens is 2. The molecule has 25 heavy (non-hydrogen) atoms. The lowest BCUT2D eigenvalue weighted by Gasteiger charge is -2.10. The van der Waals surface area contributed by atoms with Gasteiger partial charge in [-0.15, -0.1) is 0 Å². The molecule has 0 aliphatic heterocycles. The molecule has 1 heterocycles. The summed E-state index contributed by atoms with van der Waals surface area (Å²) in [5, 5.41) is 3.76. The molecule has 2 N–H and O–H groups in total. The van der Waals surface area contributed by atoms with E-state index in [1.807, 2.05) is 25.1 Å². The summed E-state index contributed by atoms with van der Waals surface area (Å²) >= 11 is 1.17. The maximum atomic E-state index is 12.2. The Morgan fingerprint density at radius 2 is 2.08 bits per heavy atom. The van der Waals surface area contributed by atoms with Gasteiger partial charge >= 0.3 is 0 Å². The number of ether oxygens (including phenoxy) is 1. The smallest absolute Gasteiger partial charge is 0.259 e. The van der Waals surface area contributed by atoms with Gasteiger partial charge in [0.25, 0.3) is 5.56 Å². The summed E-state index contributed by atoms with van der Waals surface area (Å²) in [6, 6.07) is 12.7. The third-order valence-corrected chi connectivity index (χ3v) is 4.43. The number of amides is 1. The zero-order valence-electron chi connectivity index (χ0n) is 13.8. The van der Waals surface area contributed by atoms with Crippen molar-refractivity contribution in [2.75, 3.05) is 18.2 Å². The second-order valence-corrected chi connectivity index (χ2v) is 6.39. The summed E-state index contributed by atoms with van der Waals surface area (Å²) in [5.74, 6) is 0.518. The first-order chi connectivity index (χ1) is 12.1. The minimum absolute atomic E-state index is 0.123. The number of hydrogen-bond donors (Lipinski definition) is 2. The number of nitrogens with one attached hydrogen (secondary N) is 2. The predicted octanol–water partition coefficient (Wildman–Crippen LogP) is 2.97. The lowest BCUT2D eigenvalue weighted by molar-refractivity contribution is -0.113. The molecule has 0 bridgehead atoms. The topological polar surface area (TPSA) is 84.1 Å². The molecule has 0 aliphatic rings. The molecule has 0 fully saturated rings. The van der Waals surface area contributed by atoms with Gasteiger partial charge in [-0.3, -0.25) is 9.59 Å². The largest absolute Gasteiger partial charge is 0.495 e. The van der Waals surface area contributed by atoms with Gasteiger partial charge in [-0.2, -0.15) is 0 Å². The molecule has 6 nitrogen and oxygen atoms in total. The van der Waals surface area contributed by atoms with E-state index in [2.05, 4.69) is 15.3 Å². The van der Waals surface area contributed by atoms with Crippen LogP contribution >= 0.6 is 11.8 Å². The Morgan fingerprint density at radius 1 is 1.28 bits per heavy atom. The Bertz CT molecular complexity index is 985. The molecule has 0 aliphatic carbocycles. The van der Waals surface area contributed by atoms with Crippen LogP contribution in [0.5, 0.6) is 5.75 Å². The molecule has 3 aromatic rings. The number of aromatic amines is 1. The molecule has 0 atom stereocenters. The molecule has 2 aromatic carbocycles. The summed E-state index contributed by atoms with van der Waals surface area (Å²) in [7, 11) is 1.55.